The molecule has 1 N–H and O–H groups in total. The lowest BCUT2D eigenvalue weighted by atomic mass is 10.1. The van der Waals surface area contributed by atoms with Crippen molar-refractivity contribution >= 4 is 5.97 Å². The molecule has 0 aromatic carbocycles. The van der Waals surface area contributed by atoms with E-state index in [-0.39, 0.29) is 6.42 Å². The molecule has 0 unspecified atom stereocenters. The molecule has 0 heterocycles. The summed E-state index contributed by atoms with van der Waals surface area (Å²) in [4.78, 5) is 14.2. The van der Waals surface area contributed by atoms with E-state index < -0.39 is 5.97 Å². The average Bonchev–Trinajstić information content (AvgIpc) is 2.57. The first kappa shape index (κ1) is 21.2. The average molecular weight is 318 g/mol. The fourth-order valence-electron chi connectivity index (χ4n) is 1.97. The van der Waals surface area contributed by atoms with E-state index in [0.29, 0.717) is 6.42 Å². The third-order valence-corrected chi connectivity index (χ3v) is 3.29. The molecule has 0 fully saturated rings. The van der Waals surface area contributed by atoms with Crippen molar-refractivity contribution in [2.24, 2.45) is 0 Å². The van der Waals surface area contributed by atoms with Crippen LogP contribution in [0.3, 0.4) is 0 Å². The van der Waals surface area contributed by atoms with E-state index in [9.17, 15) is 4.79 Å². The molecule has 0 saturated heterocycles. The Labute approximate surface area is 140 Å². The number of carbonyl (C=O) groups is 1. The van der Waals surface area contributed by atoms with Gasteiger partial charge < -0.3 is 4.89 Å². The molecule has 128 valence electrons. The summed E-state index contributed by atoms with van der Waals surface area (Å²) >= 11 is 0. The predicted octanol–water partition coefficient (Wildman–Crippen LogP) is 5.90. The third kappa shape index (κ3) is 18.2. The standard InChI is InChI=1S/C20H30O3/c1-2-3-4-5-6-7-8-9-10-11-12-13-14-15-16-17-18-19-20(21)23-22/h10,13-17,22H,2-9,18-19H2,1H3/b13-10?,15-14+,17-16+. The highest BCUT2D eigenvalue weighted by molar-refractivity contribution is 5.68. The van der Waals surface area contributed by atoms with Gasteiger partial charge in [0, 0.05) is 0 Å². The van der Waals surface area contributed by atoms with Gasteiger partial charge in [0.15, 0.2) is 0 Å². The van der Waals surface area contributed by atoms with Crippen molar-refractivity contribution in [2.75, 3.05) is 0 Å². The van der Waals surface area contributed by atoms with Gasteiger partial charge in [-0.05, 0) is 31.4 Å². The van der Waals surface area contributed by atoms with Gasteiger partial charge in [-0.25, -0.2) is 4.79 Å². The Morgan fingerprint density at radius 3 is 2.43 bits per heavy atom. The van der Waals surface area contributed by atoms with Gasteiger partial charge in [0.2, 0.25) is 0 Å². The molecule has 3 heteroatoms. The summed E-state index contributed by atoms with van der Waals surface area (Å²) in [7, 11) is 0. The second-order valence-electron chi connectivity index (χ2n) is 5.38. The zero-order valence-corrected chi connectivity index (χ0v) is 14.3. The molecule has 0 aliphatic heterocycles. The van der Waals surface area contributed by atoms with Crippen LogP contribution in [0.15, 0.2) is 47.9 Å². The van der Waals surface area contributed by atoms with Gasteiger partial charge in [-0.1, -0.05) is 81.2 Å². The zero-order valence-electron chi connectivity index (χ0n) is 14.3. The van der Waals surface area contributed by atoms with Crippen LogP contribution in [0.2, 0.25) is 0 Å². The van der Waals surface area contributed by atoms with Crippen LogP contribution in [0.5, 0.6) is 0 Å². The van der Waals surface area contributed by atoms with Crippen molar-refractivity contribution in [1.82, 2.24) is 0 Å². The molecule has 0 radical (unpaired) electrons. The fraction of sp³-hybridized carbons (Fsp3) is 0.550. The molecule has 0 spiro atoms. The molecule has 0 atom stereocenters. The van der Waals surface area contributed by atoms with Crippen molar-refractivity contribution < 1.29 is 14.9 Å². The molecule has 23 heavy (non-hydrogen) atoms. The Kier molecular flexibility index (Phi) is 16.8. The molecule has 0 rings (SSSR count). The third-order valence-electron chi connectivity index (χ3n) is 3.29. The summed E-state index contributed by atoms with van der Waals surface area (Å²) in [6, 6.07) is 0. The summed E-state index contributed by atoms with van der Waals surface area (Å²) < 4.78 is 0. The SMILES string of the molecule is CCCCCCCCCC=C=C=C/C=C/C=C/CCC(=O)OO. The summed E-state index contributed by atoms with van der Waals surface area (Å²) in [5, 5.41) is 8.06. The molecule has 0 saturated carbocycles. The number of carbonyl (C=O) groups excluding carboxylic acids is 1. The number of unbranched alkanes of at least 4 members (excludes halogenated alkanes) is 7. The Balaban J connectivity index is 3.61. The first-order valence-electron chi connectivity index (χ1n) is 8.63. The highest BCUT2D eigenvalue weighted by atomic mass is 17.1. The molecule has 3 nitrogen and oxygen atoms in total. The molecule has 0 aromatic rings. The van der Waals surface area contributed by atoms with E-state index in [1.807, 2.05) is 30.4 Å². The van der Waals surface area contributed by atoms with Gasteiger partial charge in [-0.15, -0.1) is 0 Å². The highest BCUT2D eigenvalue weighted by Gasteiger charge is 1.97. The smallest absolute Gasteiger partial charge is 0.301 e. The lowest BCUT2D eigenvalue weighted by Crippen LogP contribution is -1.98. The van der Waals surface area contributed by atoms with Gasteiger partial charge in [0.25, 0.3) is 0 Å². The van der Waals surface area contributed by atoms with Crippen molar-refractivity contribution in [2.45, 2.75) is 71.1 Å². The summed E-state index contributed by atoms with van der Waals surface area (Å²) in [6.07, 6.45) is 22.3. The molecule has 0 aliphatic carbocycles. The molecule has 0 aromatic heterocycles. The highest BCUT2D eigenvalue weighted by Crippen LogP contribution is 2.08. The van der Waals surface area contributed by atoms with Gasteiger partial charge in [-0.2, -0.15) is 5.26 Å². The number of hydrogen-bond acceptors (Lipinski definition) is 3. The van der Waals surface area contributed by atoms with E-state index in [0.717, 1.165) is 6.42 Å². The lowest BCUT2D eigenvalue weighted by Gasteiger charge is -1.98. The van der Waals surface area contributed by atoms with Gasteiger partial charge in [0.05, 0.1) is 6.42 Å². The van der Waals surface area contributed by atoms with E-state index >= 15 is 0 Å². The Morgan fingerprint density at radius 1 is 0.957 bits per heavy atom. The van der Waals surface area contributed by atoms with Crippen LogP contribution in [0.4, 0.5) is 0 Å². The Hall–Kier alpha value is -1.79. The maximum Gasteiger partial charge on any atom is 0.342 e. The van der Waals surface area contributed by atoms with E-state index in [1.54, 1.807) is 6.08 Å². The quantitative estimate of drug-likeness (QED) is 0.151. The first-order chi connectivity index (χ1) is 11.3. The number of rotatable bonds is 13. The van der Waals surface area contributed by atoms with E-state index in [1.165, 1.54) is 44.9 Å². The second kappa shape index (κ2) is 18.3. The van der Waals surface area contributed by atoms with Crippen molar-refractivity contribution in [3.05, 3.63) is 47.9 Å². The Bertz CT molecular complexity index is 434. The monoisotopic (exact) mass is 318 g/mol. The van der Waals surface area contributed by atoms with Crippen LogP contribution in [-0.2, 0) is 9.68 Å². The van der Waals surface area contributed by atoms with Crippen LogP contribution in [0.1, 0.15) is 71.1 Å². The summed E-state index contributed by atoms with van der Waals surface area (Å²) in [5.74, 6) is -0.618. The predicted molar refractivity (Wildman–Crippen MR) is 95.0 cm³/mol. The van der Waals surface area contributed by atoms with Gasteiger partial charge in [-0.3, -0.25) is 0 Å². The topological polar surface area (TPSA) is 46.5 Å². The summed E-state index contributed by atoms with van der Waals surface area (Å²) in [6.45, 7) is 2.24. The minimum Gasteiger partial charge on any atom is -0.301 e. The summed E-state index contributed by atoms with van der Waals surface area (Å²) in [5.41, 5.74) is 5.99. The largest absolute Gasteiger partial charge is 0.342 e. The number of allylic oxidation sites excluding steroid dienone is 6. The normalized spacial score (nSPS) is 10.5. The van der Waals surface area contributed by atoms with Crippen molar-refractivity contribution in [3.8, 4) is 0 Å². The minimum absolute atomic E-state index is 0.178. The molecule has 0 amide bonds. The van der Waals surface area contributed by atoms with Crippen LogP contribution in [0.25, 0.3) is 0 Å². The van der Waals surface area contributed by atoms with E-state index in [2.05, 4.69) is 23.3 Å². The Morgan fingerprint density at radius 2 is 1.70 bits per heavy atom. The van der Waals surface area contributed by atoms with Crippen LogP contribution >= 0.6 is 0 Å². The zero-order chi connectivity index (χ0) is 17.0. The van der Waals surface area contributed by atoms with Crippen molar-refractivity contribution in [3.63, 3.8) is 0 Å². The van der Waals surface area contributed by atoms with Crippen LogP contribution in [0, 0.1) is 0 Å². The van der Waals surface area contributed by atoms with E-state index in [4.69, 9.17) is 5.26 Å². The van der Waals surface area contributed by atoms with Gasteiger partial charge in [0.1, 0.15) is 0 Å². The number of hydrogen-bond donors (Lipinski definition) is 1. The van der Waals surface area contributed by atoms with Crippen LogP contribution in [-0.4, -0.2) is 11.2 Å². The maximum atomic E-state index is 10.6. The molecular weight excluding hydrogens is 288 g/mol. The van der Waals surface area contributed by atoms with Crippen molar-refractivity contribution in [1.29, 1.82) is 0 Å². The lowest BCUT2D eigenvalue weighted by molar-refractivity contribution is -0.234. The second-order valence-corrected chi connectivity index (χ2v) is 5.38. The first-order valence-corrected chi connectivity index (χ1v) is 8.63. The minimum atomic E-state index is -0.618. The molecule has 0 aliphatic rings. The maximum absolute atomic E-state index is 10.6. The molecular formula is C20H30O3. The van der Waals surface area contributed by atoms with Gasteiger partial charge >= 0.3 is 5.97 Å². The van der Waals surface area contributed by atoms with Crippen LogP contribution < -0.4 is 0 Å². The molecule has 0 bridgehead atoms. The fourth-order valence-corrected chi connectivity index (χ4v) is 1.97.